The van der Waals surface area contributed by atoms with Gasteiger partial charge in [0.15, 0.2) is 5.78 Å². The Bertz CT molecular complexity index is 593. The highest BCUT2D eigenvalue weighted by Gasteiger charge is 2.14. The molecule has 19 heavy (non-hydrogen) atoms. The zero-order chi connectivity index (χ0) is 13.7. The average molecular weight is 252 g/mol. The first-order chi connectivity index (χ1) is 9.20. The van der Waals surface area contributed by atoms with E-state index in [2.05, 4.69) is 5.92 Å². The molecule has 0 saturated heterocycles. The molecule has 1 nitrogen and oxygen atoms in total. The molecule has 0 radical (unpaired) electrons. The maximum atomic E-state index is 12.8. The van der Waals surface area contributed by atoms with E-state index in [9.17, 15) is 9.18 Å². The fourth-order valence-electron chi connectivity index (χ4n) is 1.90. The third-order valence-corrected chi connectivity index (χ3v) is 2.96. The molecule has 0 aromatic heterocycles. The van der Waals surface area contributed by atoms with Crippen molar-refractivity contribution in [1.82, 2.24) is 0 Å². The molecule has 0 bridgehead atoms. The standard InChI is InChI=1S/C17H13FO/c1-2-13(14-6-4-3-5-7-14)12-17(19)15-8-10-16(18)11-9-15/h1,3-11,13H,12H2/t13-/m1/s1. The number of hydrogen-bond acceptors (Lipinski definition) is 1. The van der Waals surface area contributed by atoms with Crippen molar-refractivity contribution in [2.45, 2.75) is 12.3 Å². The van der Waals surface area contributed by atoms with Gasteiger partial charge in [-0.1, -0.05) is 36.3 Å². The maximum Gasteiger partial charge on any atom is 0.164 e. The molecule has 0 spiro atoms. The predicted octanol–water partition coefficient (Wildman–Crippen LogP) is 3.82. The number of halogens is 1. The van der Waals surface area contributed by atoms with Gasteiger partial charge in [0.1, 0.15) is 5.82 Å². The average Bonchev–Trinajstić information content (AvgIpc) is 2.46. The van der Waals surface area contributed by atoms with E-state index in [4.69, 9.17) is 6.42 Å². The number of rotatable bonds is 4. The summed E-state index contributed by atoms with van der Waals surface area (Å²) in [6, 6.07) is 15.0. The molecule has 2 heteroatoms. The topological polar surface area (TPSA) is 17.1 Å². The van der Waals surface area contributed by atoms with Crippen molar-refractivity contribution in [1.29, 1.82) is 0 Å². The SMILES string of the molecule is C#C[C@H](CC(=O)c1ccc(F)cc1)c1ccccc1. The zero-order valence-electron chi connectivity index (χ0n) is 10.3. The van der Waals surface area contributed by atoms with Crippen molar-refractivity contribution >= 4 is 5.78 Å². The van der Waals surface area contributed by atoms with Crippen LogP contribution in [-0.2, 0) is 0 Å². The van der Waals surface area contributed by atoms with Gasteiger partial charge in [0.25, 0.3) is 0 Å². The summed E-state index contributed by atoms with van der Waals surface area (Å²) in [7, 11) is 0. The first-order valence-electron chi connectivity index (χ1n) is 6.00. The van der Waals surface area contributed by atoms with Gasteiger partial charge in [0.2, 0.25) is 0 Å². The van der Waals surface area contributed by atoms with Gasteiger partial charge in [-0.2, -0.15) is 0 Å². The van der Waals surface area contributed by atoms with Crippen LogP contribution < -0.4 is 0 Å². The van der Waals surface area contributed by atoms with Crippen LogP contribution in [0.15, 0.2) is 54.6 Å². The molecule has 0 heterocycles. The Kier molecular flexibility index (Phi) is 4.10. The van der Waals surface area contributed by atoms with Crippen LogP contribution in [0.3, 0.4) is 0 Å². The molecule has 1 atom stereocenters. The Morgan fingerprint density at radius 1 is 1.11 bits per heavy atom. The number of carbonyl (C=O) groups is 1. The van der Waals surface area contributed by atoms with E-state index in [0.717, 1.165) is 5.56 Å². The molecule has 0 aliphatic heterocycles. The monoisotopic (exact) mass is 252 g/mol. The quantitative estimate of drug-likeness (QED) is 0.597. The fourth-order valence-corrected chi connectivity index (χ4v) is 1.90. The van der Waals surface area contributed by atoms with Crippen LogP contribution in [0.4, 0.5) is 4.39 Å². The smallest absolute Gasteiger partial charge is 0.164 e. The summed E-state index contributed by atoms with van der Waals surface area (Å²) < 4.78 is 12.8. The van der Waals surface area contributed by atoms with E-state index < -0.39 is 0 Å². The van der Waals surface area contributed by atoms with E-state index in [1.165, 1.54) is 24.3 Å². The normalized spacial score (nSPS) is 11.6. The van der Waals surface area contributed by atoms with Crippen molar-refractivity contribution in [3.8, 4) is 12.3 Å². The molecule has 94 valence electrons. The minimum atomic E-state index is -0.354. The zero-order valence-corrected chi connectivity index (χ0v) is 10.3. The van der Waals surface area contributed by atoms with Crippen LogP contribution in [0.25, 0.3) is 0 Å². The maximum absolute atomic E-state index is 12.8. The first-order valence-corrected chi connectivity index (χ1v) is 6.00. The van der Waals surface area contributed by atoms with E-state index >= 15 is 0 Å². The lowest BCUT2D eigenvalue weighted by Crippen LogP contribution is -2.06. The summed E-state index contributed by atoms with van der Waals surface area (Å²) in [6.45, 7) is 0. The van der Waals surface area contributed by atoms with E-state index in [-0.39, 0.29) is 23.9 Å². The van der Waals surface area contributed by atoms with Gasteiger partial charge in [0, 0.05) is 12.0 Å². The third kappa shape index (κ3) is 3.29. The van der Waals surface area contributed by atoms with E-state index in [1.807, 2.05) is 30.3 Å². The summed E-state index contributed by atoms with van der Waals surface area (Å²) in [5, 5.41) is 0. The molecule has 0 aliphatic carbocycles. The van der Waals surface area contributed by atoms with Crippen molar-refractivity contribution in [2.24, 2.45) is 0 Å². The summed E-state index contributed by atoms with van der Waals surface area (Å²) in [6.07, 6.45) is 5.72. The van der Waals surface area contributed by atoms with E-state index in [0.29, 0.717) is 5.56 Å². The highest BCUT2D eigenvalue weighted by Crippen LogP contribution is 2.21. The van der Waals surface area contributed by atoms with Gasteiger partial charge < -0.3 is 0 Å². The van der Waals surface area contributed by atoms with Crippen molar-refractivity contribution < 1.29 is 9.18 Å². The van der Waals surface area contributed by atoms with Gasteiger partial charge in [-0.15, -0.1) is 6.42 Å². The molecular weight excluding hydrogens is 239 g/mol. The molecule has 2 aromatic rings. The number of hydrogen-bond donors (Lipinski definition) is 0. The lowest BCUT2D eigenvalue weighted by Gasteiger charge is -2.10. The van der Waals surface area contributed by atoms with E-state index in [1.54, 1.807) is 0 Å². The van der Waals surface area contributed by atoms with Crippen LogP contribution >= 0.6 is 0 Å². The van der Waals surface area contributed by atoms with Gasteiger partial charge in [-0.3, -0.25) is 4.79 Å². The van der Waals surface area contributed by atoms with Crippen LogP contribution in [-0.4, -0.2) is 5.78 Å². The highest BCUT2D eigenvalue weighted by atomic mass is 19.1. The number of terminal acetylenes is 1. The second kappa shape index (κ2) is 5.97. The molecule has 0 aliphatic rings. The number of ketones is 1. The van der Waals surface area contributed by atoms with Crippen LogP contribution in [0.1, 0.15) is 28.3 Å². The fraction of sp³-hybridized carbons (Fsp3) is 0.118. The molecule has 0 N–H and O–H groups in total. The molecular formula is C17H13FO. The van der Waals surface area contributed by atoms with Gasteiger partial charge >= 0.3 is 0 Å². The Hall–Kier alpha value is -2.40. The summed E-state index contributed by atoms with van der Waals surface area (Å²) in [5.41, 5.74) is 1.43. The summed E-state index contributed by atoms with van der Waals surface area (Å²) >= 11 is 0. The van der Waals surface area contributed by atoms with Crippen LogP contribution in [0.2, 0.25) is 0 Å². The molecule has 0 fully saturated rings. The summed E-state index contributed by atoms with van der Waals surface area (Å²) in [5.74, 6) is 1.95. The lowest BCUT2D eigenvalue weighted by atomic mass is 9.92. The summed E-state index contributed by atoms with van der Waals surface area (Å²) in [4.78, 5) is 12.1. The first kappa shape index (κ1) is 13.0. The van der Waals surface area contributed by atoms with Gasteiger partial charge in [-0.25, -0.2) is 4.39 Å². The minimum Gasteiger partial charge on any atom is -0.294 e. The third-order valence-electron chi connectivity index (χ3n) is 2.96. The van der Waals surface area contributed by atoms with Crippen molar-refractivity contribution in [2.75, 3.05) is 0 Å². The second-order valence-electron chi connectivity index (χ2n) is 4.26. The Labute approximate surface area is 112 Å². The van der Waals surface area contributed by atoms with Gasteiger partial charge in [0.05, 0.1) is 5.92 Å². The number of Topliss-reactive ketones (excluding diaryl/α,β-unsaturated/α-hetero) is 1. The second-order valence-corrected chi connectivity index (χ2v) is 4.26. The Morgan fingerprint density at radius 2 is 1.74 bits per heavy atom. The lowest BCUT2D eigenvalue weighted by molar-refractivity contribution is 0.0979. The van der Waals surface area contributed by atoms with Crippen LogP contribution in [0, 0.1) is 18.2 Å². The molecule has 2 aromatic carbocycles. The minimum absolute atomic E-state index is 0.0770. The number of carbonyl (C=O) groups excluding carboxylic acids is 1. The highest BCUT2D eigenvalue weighted by molar-refractivity contribution is 5.96. The molecule has 0 unspecified atom stereocenters. The number of benzene rings is 2. The Morgan fingerprint density at radius 3 is 2.32 bits per heavy atom. The Balaban J connectivity index is 2.13. The predicted molar refractivity (Wildman–Crippen MR) is 73.4 cm³/mol. The van der Waals surface area contributed by atoms with Gasteiger partial charge in [-0.05, 0) is 29.8 Å². The van der Waals surface area contributed by atoms with Crippen molar-refractivity contribution in [3.05, 3.63) is 71.5 Å². The molecule has 0 saturated carbocycles. The molecule has 0 amide bonds. The largest absolute Gasteiger partial charge is 0.294 e. The van der Waals surface area contributed by atoms with Crippen LogP contribution in [0.5, 0.6) is 0 Å². The van der Waals surface area contributed by atoms with Crippen molar-refractivity contribution in [3.63, 3.8) is 0 Å². The molecule has 2 rings (SSSR count).